The molecule has 1 aliphatic rings. The molecule has 0 saturated heterocycles. The van der Waals surface area contributed by atoms with E-state index < -0.39 is 0 Å². The van der Waals surface area contributed by atoms with Gasteiger partial charge < -0.3 is 10.6 Å². The van der Waals surface area contributed by atoms with E-state index in [1.165, 1.54) is 19.3 Å². The summed E-state index contributed by atoms with van der Waals surface area (Å²) in [5.41, 5.74) is 5.68. The van der Waals surface area contributed by atoms with E-state index in [4.69, 9.17) is 0 Å². The summed E-state index contributed by atoms with van der Waals surface area (Å²) in [6.45, 7) is 0.686. The van der Waals surface area contributed by atoms with Crippen molar-refractivity contribution in [3.63, 3.8) is 0 Å². The Morgan fingerprint density at radius 2 is 1.91 bits per heavy atom. The summed E-state index contributed by atoms with van der Waals surface area (Å²) in [6, 6.07) is 13.8. The summed E-state index contributed by atoms with van der Waals surface area (Å²) in [4.78, 5) is 30.1. The number of hydrogen-bond acceptors (Lipinski definition) is 6. The van der Waals surface area contributed by atoms with E-state index in [1.54, 1.807) is 25.6 Å². The van der Waals surface area contributed by atoms with Gasteiger partial charge in [0.2, 0.25) is 0 Å². The van der Waals surface area contributed by atoms with Crippen LogP contribution in [0, 0.1) is 0 Å². The minimum absolute atomic E-state index is 0.109. The van der Waals surface area contributed by atoms with Crippen LogP contribution >= 0.6 is 0 Å². The SMILES string of the molecule is CNC(=O)c1ccnc2c(CCNc3cc(-c4ccnc(C5CCC5)c4)ncn3)cccc12. The van der Waals surface area contributed by atoms with Crippen LogP contribution in [0.25, 0.3) is 22.2 Å². The van der Waals surface area contributed by atoms with Crippen molar-refractivity contribution in [2.45, 2.75) is 31.6 Å². The fourth-order valence-electron chi connectivity index (χ4n) is 4.24. The molecule has 0 unspecified atom stereocenters. The zero-order valence-electron chi connectivity index (χ0n) is 18.6. The van der Waals surface area contributed by atoms with E-state index in [1.807, 2.05) is 30.5 Å². The molecule has 3 heterocycles. The van der Waals surface area contributed by atoms with E-state index in [-0.39, 0.29) is 5.91 Å². The first-order valence-corrected chi connectivity index (χ1v) is 11.3. The molecule has 1 aliphatic carbocycles. The average molecular weight is 439 g/mol. The van der Waals surface area contributed by atoms with Gasteiger partial charge >= 0.3 is 0 Å². The Hall–Kier alpha value is -3.87. The second-order valence-electron chi connectivity index (χ2n) is 8.31. The van der Waals surface area contributed by atoms with Crippen LogP contribution in [0.15, 0.2) is 61.2 Å². The molecule has 0 spiro atoms. The molecule has 1 fully saturated rings. The van der Waals surface area contributed by atoms with Crippen molar-refractivity contribution in [1.82, 2.24) is 25.3 Å². The second kappa shape index (κ2) is 9.32. The lowest BCUT2D eigenvalue weighted by Gasteiger charge is -2.24. The zero-order valence-corrected chi connectivity index (χ0v) is 18.6. The van der Waals surface area contributed by atoms with Gasteiger partial charge in [0.05, 0.1) is 16.8 Å². The van der Waals surface area contributed by atoms with E-state index in [2.05, 4.69) is 42.7 Å². The van der Waals surface area contributed by atoms with Gasteiger partial charge in [-0.2, -0.15) is 0 Å². The number of para-hydroxylation sites is 1. The highest BCUT2D eigenvalue weighted by Crippen LogP contribution is 2.36. The summed E-state index contributed by atoms with van der Waals surface area (Å²) in [6.07, 6.45) is 9.64. The Balaban J connectivity index is 1.30. The van der Waals surface area contributed by atoms with E-state index in [0.717, 1.165) is 45.7 Å². The molecule has 33 heavy (non-hydrogen) atoms. The number of benzene rings is 1. The van der Waals surface area contributed by atoms with Crippen LogP contribution in [0.3, 0.4) is 0 Å². The van der Waals surface area contributed by atoms with Gasteiger partial charge in [0.15, 0.2) is 0 Å². The molecule has 5 rings (SSSR count). The molecule has 4 aromatic rings. The topological polar surface area (TPSA) is 92.7 Å². The fourth-order valence-corrected chi connectivity index (χ4v) is 4.24. The first kappa shape index (κ1) is 21.0. The van der Waals surface area contributed by atoms with Crippen molar-refractivity contribution in [2.24, 2.45) is 0 Å². The molecule has 0 radical (unpaired) electrons. The van der Waals surface area contributed by atoms with Crippen molar-refractivity contribution >= 4 is 22.6 Å². The van der Waals surface area contributed by atoms with Crippen LogP contribution in [0.5, 0.6) is 0 Å². The Morgan fingerprint density at radius 3 is 2.73 bits per heavy atom. The van der Waals surface area contributed by atoms with Gasteiger partial charge in [-0.25, -0.2) is 9.97 Å². The lowest BCUT2D eigenvalue weighted by molar-refractivity contribution is 0.0964. The van der Waals surface area contributed by atoms with E-state index >= 15 is 0 Å². The third kappa shape index (κ3) is 4.39. The van der Waals surface area contributed by atoms with Crippen LogP contribution in [-0.2, 0) is 6.42 Å². The predicted octanol–water partition coefficient (Wildman–Crippen LogP) is 4.37. The van der Waals surface area contributed by atoms with Crippen LogP contribution in [-0.4, -0.2) is 39.4 Å². The van der Waals surface area contributed by atoms with Crippen molar-refractivity contribution in [2.75, 3.05) is 18.9 Å². The minimum Gasteiger partial charge on any atom is -0.370 e. The number of pyridine rings is 2. The van der Waals surface area contributed by atoms with E-state index in [0.29, 0.717) is 18.0 Å². The van der Waals surface area contributed by atoms with Crippen LogP contribution in [0.2, 0.25) is 0 Å². The third-order valence-corrected chi connectivity index (χ3v) is 6.29. The number of aromatic nitrogens is 4. The lowest BCUT2D eigenvalue weighted by Crippen LogP contribution is -2.18. The Labute approximate surface area is 192 Å². The molecular weight excluding hydrogens is 412 g/mol. The highest BCUT2D eigenvalue weighted by Gasteiger charge is 2.21. The van der Waals surface area contributed by atoms with Crippen LogP contribution < -0.4 is 10.6 Å². The maximum absolute atomic E-state index is 12.2. The number of carbonyl (C=O) groups excluding carboxylic acids is 1. The summed E-state index contributed by atoms with van der Waals surface area (Å²) >= 11 is 0. The van der Waals surface area contributed by atoms with Crippen molar-refractivity contribution in [3.05, 3.63) is 78.0 Å². The Bertz CT molecular complexity index is 1300. The van der Waals surface area contributed by atoms with Crippen LogP contribution in [0.4, 0.5) is 5.82 Å². The van der Waals surface area contributed by atoms with E-state index in [9.17, 15) is 4.79 Å². The lowest BCUT2D eigenvalue weighted by atomic mass is 9.82. The molecule has 166 valence electrons. The summed E-state index contributed by atoms with van der Waals surface area (Å²) in [7, 11) is 1.64. The standard InChI is InChI=1S/C26H26N6O/c1-27-26(33)21-10-13-30-25-18(6-3-7-20(21)25)8-12-29-24-15-23(31-16-32-24)19-9-11-28-22(14-19)17-4-2-5-17/h3,6-7,9-11,13-17H,2,4-5,8,12H2,1H3,(H,27,33)(H,29,31,32). The molecule has 0 aliphatic heterocycles. The summed E-state index contributed by atoms with van der Waals surface area (Å²) < 4.78 is 0. The predicted molar refractivity (Wildman–Crippen MR) is 129 cm³/mol. The third-order valence-electron chi connectivity index (χ3n) is 6.29. The Morgan fingerprint density at radius 1 is 1.03 bits per heavy atom. The number of nitrogens with zero attached hydrogens (tertiary/aromatic N) is 4. The smallest absolute Gasteiger partial charge is 0.251 e. The number of rotatable bonds is 7. The summed E-state index contributed by atoms with van der Waals surface area (Å²) in [5, 5.41) is 6.96. The molecule has 2 N–H and O–H groups in total. The van der Waals surface area contributed by atoms with Gasteiger partial charge in [0.25, 0.3) is 5.91 Å². The number of nitrogens with one attached hydrogen (secondary N) is 2. The minimum atomic E-state index is -0.109. The number of hydrogen-bond donors (Lipinski definition) is 2. The quantitative estimate of drug-likeness (QED) is 0.445. The van der Waals surface area contributed by atoms with Gasteiger partial charge in [-0.15, -0.1) is 0 Å². The van der Waals surface area contributed by atoms with Crippen LogP contribution in [0.1, 0.15) is 46.8 Å². The second-order valence-corrected chi connectivity index (χ2v) is 8.31. The number of carbonyl (C=O) groups is 1. The largest absolute Gasteiger partial charge is 0.370 e. The normalized spacial score (nSPS) is 13.5. The summed E-state index contributed by atoms with van der Waals surface area (Å²) in [5.74, 6) is 1.26. The number of amides is 1. The zero-order chi connectivity index (χ0) is 22.6. The first-order valence-electron chi connectivity index (χ1n) is 11.3. The van der Waals surface area contributed by atoms with Gasteiger partial charge in [-0.3, -0.25) is 14.8 Å². The average Bonchev–Trinajstić information content (AvgIpc) is 2.83. The first-order chi connectivity index (χ1) is 16.2. The number of fused-ring (bicyclic) bond motifs is 1. The fraction of sp³-hybridized carbons (Fsp3) is 0.269. The molecule has 1 amide bonds. The van der Waals surface area contributed by atoms with Crippen molar-refractivity contribution < 1.29 is 4.79 Å². The highest BCUT2D eigenvalue weighted by atomic mass is 16.1. The maximum Gasteiger partial charge on any atom is 0.251 e. The molecule has 0 bridgehead atoms. The van der Waals surface area contributed by atoms with Gasteiger partial charge in [0.1, 0.15) is 12.1 Å². The monoisotopic (exact) mass is 438 g/mol. The van der Waals surface area contributed by atoms with Gasteiger partial charge in [0, 0.05) is 54.6 Å². The van der Waals surface area contributed by atoms with Crippen molar-refractivity contribution in [3.8, 4) is 11.3 Å². The molecule has 3 aromatic heterocycles. The maximum atomic E-state index is 12.2. The van der Waals surface area contributed by atoms with Gasteiger partial charge in [-0.05, 0) is 43.0 Å². The molecular formula is C26H26N6O. The molecule has 7 heteroatoms. The number of anilines is 1. The Kier molecular flexibility index (Phi) is 5.93. The molecule has 0 atom stereocenters. The van der Waals surface area contributed by atoms with Gasteiger partial charge in [-0.1, -0.05) is 24.6 Å². The highest BCUT2D eigenvalue weighted by molar-refractivity contribution is 6.06. The molecule has 1 aromatic carbocycles. The molecule has 7 nitrogen and oxygen atoms in total. The molecule has 1 saturated carbocycles. The van der Waals surface area contributed by atoms with Crippen molar-refractivity contribution in [1.29, 1.82) is 0 Å².